The summed E-state index contributed by atoms with van der Waals surface area (Å²) in [6.07, 6.45) is -0.623. The van der Waals surface area contributed by atoms with E-state index in [1.54, 1.807) is 6.07 Å². The lowest BCUT2D eigenvalue weighted by Crippen LogP contribution is -2.14. The number of rotatable bonds is 6. The SMILES string of the molecule is O=C(Nc1ccc(-c2ccccc2)cc1-c1nn[nH]n1)OCc1cc2cc(-c3ccccc3)ccc2o1. The summed E-state index contributed by atoms with van der Waals surface area (Å²) < 4.78 is 11.3. The summed E-state index contributed by atoms with van der Waals surface area (Å²) in [4.78, 5) is 12.7. The molecule has 0 radical (unpaired) electrons. The highest BCUT2D eigenvalue weighted by Gasteiger charge is 2.15. The molecule has 6 rings (SSSR count). The van der Waals surface area contributed by atoms with Gasteiger partial charge in [-0.3, -0.25) is 5.32 Å². The number of nitrogens with one attached hydrogen (secondary N) is 2. The Morgan fingerprint density at radius 2 is 1.51 bits per heavy atom. The van der Waals surface area contributed by atoms with Crippen LogP contribution in [0, 0.1) is 0 Å². The molecule has 4 aromatic carbocycles. The number of amides is 1. The van der Waals surface area contributed by atoms with Crippen molar-refractivity contribution in [3.05, 3.63) is 109 Å². The first-order valence-electron chi connectivity index (χ1n) is 11.7. The van der Waals surface area contributed by atoms with E-state index >= 15 is 0 Å². The van der Waals surface area contributed by atoms with Gasteiger partial charge in [-0.05, 0) is 57.8 Å². The van der Waals surface area contributed by atoms with Crippen molar-refractivity contribution in [3.63, 3.8) is 0 Å². The number of hydrogen-bond acceptors (Lipinski definition) is 6. The second-order valence-electron chi connectivity index (χ2n) is 8.39. The molecule has 0 atom stereocenters. The number of anilines is 1. The molecule has 0 saturated carbocycles. The van der Waals surface area contributed by atoms with Crippen LogP contribution in [0.1, 0.15) is 5.76 Å². The Bertz CT molecular complexity index is 1660. The van der Waals surface area contributed by atoms with Gasteiger partial charge >= 0.3 is 6.09 Å². The van der Waals surface area contributed by atoms with Gasteiger partial charge in [-0.2, -0.15) is 5.21 Å². The summed E-state index contributed by atoms with van der Waals surface area (Å²) in [7, 11) is 0. The van der Waals surface area contributed by atoms with Crippen molar-refractivity contribution >= 4 is 22.7 Å². The van der Waals surface area contributed by atoms with Crippen molar-refractivity contribution in [1.82, 2.24) is 20.6 Å². The Balaban J connectivity index is 1.18. The number of carbonyl (C=O) groups is 1. The highest BCUT2D eigenvalue weighted by Crippen LogP contribution is 2.31. The lowest BCUT2D eigenvalue weighted by Gasteiger charge is -2.11. The minimum atomic E-state index is -0.623. The van der Waals surface area contributed by atoms with E-state index in [9.17, 15) is 4.79 Å². The largest absolute Gasteiger partial charge is 0.457 e. The molecule has 2 heterocycles. The minimum Gasteiger partial charge on any atom is -0.457 e. The molecule has 0 bridgehead atoms. The van der Waals surface area contributed by atoms with Crippen molar-refractivity contribution in [2.45, 2.75) is 6.61 Å². The smallest absolute Gasteiger partial charge is 0.412 e. The van der Waals surface area contributed by atoms with Gasteiger partial charge in [0.15, 0.2) is 6.61 Å². The number of carbonyl (C=O) groups excluding carboxylic acids is 1. The molecule has 180 valence electrons. The summed E-state index contributed by atoms with van der Waals surface area (Å²) in [5.41, 5.74) is 6.05. The number of H-pyrrole nitrogens is 1. The zero-order valence-electron chi connectivity index (χ0n) is 19.6. The van der Waals surface area contributed by atoms with E-state index < -0.39 is 6.09 Å². The van der Waals surface area contributed by atoms with Crippen molar-refractivity contribution in [2.24, 2.45) is 0 Å². The number of benzene rings is 4. The Morgan fingerprint density at radius 1 is 0.811 bits per heavy atom. The maximum atomic E-state index is 12.7. The van der Waals surface area contributed by atoms with E-state index in [-0.39, 0.29) is 6.61 Å². The van der Waals surface area contributed by atoms with Gasteiger partial charge < -0.3 is 9.15 Å². The molecule has 1 amide bonds. The normalized spacial score (nSPS) is 10.9. The van der Waals surface area contributed by atoms with E-state index in [0.29, 0.717) is 22.8 Å². The van der Waals surface area contributed by atoms with Gasteiger partial charge in [-0.15, -0.1) is 10.2 Å². The van der Waals surface area contributed by atoms with Crippen molar-refractivity contribution in [2.75, 3.05) is 5.32 Å². The first kappa shape index (κ1) is 22.2. The fraction of sp³-hybridized carbons (Fsp3) is 0.0345. The predicted molar refractivity (Wildman–Crippen MR) is 141 cm³/mol. The molecule has 37 heavy (non-hydrogen) atoms. The molecule has 6 aromatic rings. The van der Waals surface area contributed by atoms with E-state index in [1.807, 2.05) is 78.9 Å². The summed E-state index contributed by atoms with van der Waals surface area (Å²) in [6, 6.07) is 33.5. The highest BCUT2D eigenvalue weighted by molar-refractivity contribution is 5.92. The average molecular weight is 488 g/mol. The van der Waals surface area contributed by atoms with E-state index in [0.717, 1.165) is 33.2 Å². The first-order valence-corrected chi connectivity index (χ1v) is 11.7. The first-order chi connectivity index (χ1) is 18.2. The molecule has 0 aliphatic heterocycles. The molecule has 2 aromatic heterocycles. The Kier molecular flexibility index (Phi) is 5.88. The molecular weight excluding hydrogens is 466 g/mol. The standard InChI is InChI=1S/C29H21N5O3/c35-29(36-18-24-16-23-15-21(12-14-27(23)37-24)19-7-3-1-4-8-19)30-26-13-11-22(20-9-5-2-6-10-20)17-25(26)28-31-33-34-32-28/h1-17H,18H2,(H,30,35)(H,31,32,33,34). The van der Waals surface area contributed by atoms with Crippen LogP contribution in [0.4, 0.5) is 10.5 Å². The highest BCUT2D eigenvalue weighted by atomic mass is 16.6. The van der Waals surface area contributed by atoms with Crippen LogP contribution in [0.25, 0.3) is 44.6 Å². The third-order valence-electron chi connectivity index (χ3n) is 5.97. The van der Waals surface area contributed by atoms with Crippen LogP contribution >= 0.6 is 0 Å². The van der Waals surface area contributed by atoms with Crippen LogP contribution in [-0.4, -0.2) is 26.7 Å². The summed E-state index contributed by atoms with van der Waals surface area (Å²) in [5.74, 6) is 0.910. The number of tetrazole rings is 1. The van der Waals surface area contributed by atoms with Gasteiger partial charge in [0.2, 0.25) is 5.82 Å². The number of ether oxygens (including phenoxy) is 1. The minimum absolute atomic E-state index is 0.0131. The maximum absolute atomic E-state index is 12.7. The van der Waals surface area contributed by atoms with Crippen LogP contribution < -0.4 is 5.32 Å². The molecule has 0 unspecified atom stereocenters. The Hall–Kier alpha value is -5.24. The van der Waals surface area contributed by atoms with Crippen LogP contribution in [0.15, 0.2) is 108 Å². The summed E-state index contributed by atoms with van der Waals surface area (Å²) in [5, 5.41) is 18.0. The Labute approximate surface area is 211 Å². The van der Waals surface area contributed by atoms with Crippen LogP contribution in [0.5, 0.6) is 0 Å². The summed E-state index contributed by atoms with van der Waals surface area (Å²) >= 11 is 0. The third kappa shape index (κ3) is 4.81. The molecule has 2 N–H and O–H groups in total. The van der Waals surface area contributed by atoms with Crippen molar-refractivity contribution in [1.29, 1.82) is 0 Å². The predicted octanol–water partition coefficient (Wildman–Crippen LogP) is 6.70. The monoisotopic (exact) mass is 487 g/mol. The lowest BCUT2D eigenvalue weighted by atomic mass is 10.0. The van der Waals surface area contributed by atoms with E-state index in [1.165, 1.54) is 0 Å². The third-order valence-corrected chi connectivity index (χ3v) is 5.97. The van der Waals surface area contributed by atoms with Gasteiger partial charge in [0.25, 0.3) is 0 Å². The molecule has 0 aliphatic carbocycles. The summed E-state index contributed by atoms with van der Waals surface area (Å²) in [6.45, 7) is -0.0131. The molecule has 0 fully saturated rings. The maximum Gasteiger partial charge on any atom is 0.412 e. The van der Waals surface area contributed by atoms with Gasteiger partial charge in [0, 0.05) is 10.9 Å². The van der Waals surface area contributed by atoms with Crippen molar-refractivity contribution in [3.8, 4) is 33.6 Å². The van der Waals surface area contributed by atoms with Crippen LogP contribution in [-0.2, 0) is 11.3 Å². The van der Waals surface area contributed by atoms with Gasteiger partial charge in [-0.25, -0.2) is 4.79 Å². The number of aromatic nitrogens is 4. The van der Waals surface area contributed by atoms with E-state index in [2.05, 4.69) is 44.1 Å². The lowest BCUT2D eigenvalue weighted by molar-refractivity contribution is 0.147. The average Bonchev–Trinajstić information content (AvgIpc) is 3.63. The van der Waals surface area contributed by atoms with Crippen molar-refractivity contribution < 1.29 is 13.9 Å². The molecular formula is C29H21N5O3. The Morgan fingerprint density at radius 3 is 2.22 bits per heavy atom. The molecule has 0 saturated heterocycles. The van der Waals surface area contributed by atoms with E-state index in [4.69, 9.17) is 9.15 Å². The second kappa shape index (κ2) is 9.79. The van der Waals surface area contributed by atoms with Gasteiger partial charge in [-0.1, -0.05) is 72.8 Å². The molecule has 8 heteroatoms. The number of nitrogens with zero attached hydrogens (tertiary/aromatic N) is 3. The topological polar surface area (TPSA) is 106 Å². The number of hydrogen-bond donors (Lipinski definition) is 2. The zero-order chi connectivity index (χ0) is 25.0. The molecule has 0 aliphatic rings. The quantitative estimate of drug-likeness (QED) is 0.271. The number of fused-ring (bicyclic) bond motifs is 1. The zero-order valence-corrected chi connectivity index (χ0v) is 19.6. The molecule has 0 spiro atoms. The van der Waals surface area contributed by atoms with Crippen LogP contribution in [0.2, 0.25) is 0 Å². The number of furan rings is 1. The fourth-order valence-corrected chi connectivity index (χ4v) is 4.19. The molecule has 8 nitrogen and oxygen atoms in total. The fourth-order valence-electron chi connectivity index (χ4n) is 4.19. The van der Waals surface area contributed by atoms with Crippen LogP contribution in [0.3, 0.4) is 0 Å². The number of aromatic amines is 1. The van der Waals surface area contributed by atoms with Gasteiger partial charge in [0.05, 0.1) is 5.69 Å². The second-order valence-corrected chi connectivity index (χ2v) is 8.39. The van der Waals surface area contributed by atoms with Gasteiger partial charge in [0.1, 0.15) is 11.3 Å².